The van der Waals surface area contributed by atoms with Crippen LogP contribution in [-0.4, -0.2) is 24.3 Å². The largest absolute Gasteiger partial charge is 0.448 e. The van der Waals surface area contributed by atoms with E-state index in [1.807, 2.05) is 26.8 Å². The van der Waals surface area contributed by atoms with Crippen LogP contribution in [0.3, 0.4) is 0 Å². The summed E-state index contributed by atoms with van der Waals surface area (Å²) in [6.45, 7) is 6.87. The van der Waals surface area contributed by atoms with Crippen molar-refractivity contribution in [3.05, 3.63) is 23.1 Å². The van der Waals surface area contributed by atoms with E-state index >= 15 is 0 Å². The molecule has 5 nitrogen and oxygen atoms in total. The minimum atomic E-state index is -0.462. The number of rotatable bonds is 5. The van der Waals surface area contributed by atoms with Gasteiger partial charge in [0, 0.05) is 12.6 Å². The molecule has 1 aliphatic carbocycles. The number of halogens is 1. The van der Waals surface area contributed by atoms with Crippen molar-refractivity contribution in [1.29, 1.82) is 0 Å². The zero-order valence-electron chi connectivity index (χ0n) is 13.4. The van der Waals surface area contributed by atoms with Crippen molar-refractivity contribution in [2.24, 2.45) is 5.92 Å². The number of nitrogens with one attached hydrogen (secondary N) is 2. The molecule has 1 aromatic heterocycles. The first-order chi connectivity index (χ1) is 10.3. The zero-order chi connectivity index (χ0) is 16.2. The molecule has 124 valence electrons. The molecule has 0 aromatic carbocycles. The number of ether oxygens (including phenoxy) is 1. The molecule has 2 rings (SSSR count). The minimum Gasteiger partial charge on any atom is -0.448 e. The van der Waals surface area contributed by atoms with E-state index in [4.69, 9.17) is 20.8 Å². The Kier molecular flexibility index (Phi) is 5.75. The van der Waals surface area contributed by atoms with Crippen molar-refractivity contribution >= 4 is 17.7 Å². The predicted molar refractivity (Wildman–Crippen MR) is 85.9 cm³/mol. The summed E-state index contributed by atoms with van der Waals surface area (Å²) in [4.78, 5) is 11.7. The Bertz CT molecular complexity index is 496. The number of furan rings is 1. The van der Waals surface area contributed by atoms with Crippen molar-refractivity contribution < 1.29 is 13.9 Å². The highest BCUT2D eigenvalue weighted by molar-refractivity contribution is 6.28. The van der Waals surface area contributed by atoms with Crippen LogP contribution in [-0.2, 0) is 11.3 Å². The van der Waals surface area contributed by atoms with Gasteiger partial charge in [0.2, 0.25) is 0 Å². The van der Waals surface area contributed by atoms with E-state index in [1.165, 1.54) is 0 Å². The highest BCUT2D eigenvalue weighted by Crippen LogP contribution is 2.26. The van der Waals surface area contributed by atoms with Crippen LogP contribution in [0.25, 0.3) is 0 Å². The number of hydrogen-bond donors (Lipinski definition) is 2. The summed E-state index contributed by atoms with van der Waals surface area (Å²) >= 11 is 5.77. The maximum absolute atomic E-state index is 11.7. The van der Waals surface area contributed by atoms with Gasteiger partial charge in [-0.3, -0.25) is 0 Å². The van der Waals surface area contributed by atoms with E-state index in [9.17, 15) is 4.79 Å². The maximum Gasteiger partial charge on any atom is 0.407 e. The molecule has 6 heteroatoms. The Morgan fingerprint density at radius 2 is 2.18 bits per heavy atom. The lowest BCUT2D eigenvalue weighted by Crippen LogP contribution is -2.40. The van der Waals surface area contributed by atoms with E-state index < -0.39 is 5.60 Å². The van der Waals surface area contributed by atoms with Gasteiger partial charge in [-0.25, -0.2) is 4.79 Å². The van der Waals surface area contributed by atoms with Crippen LogP contribution < -0.4 is 10.6 Å². The lowest BCUT2D eigenvalue weighted by Gasteiger charge is -2.23. The standard InChI is InChI=1S/C16H25ClN2O3/c1-16(2,3)22-15(20)19-9-11-5-4-6-13(11)18-10-12-7-8-14(17)21-12/h7-8,11,13,18H,4-6,9-10H2,1-3H3,(H,19,20). The number of carbonyl (C=O) groups is 1. The van der Waals surface area contributed by atoms with E-state index in [0.29, 0.717) is 30.3 Å². The lowest BCUT2D eigenvalue weighted by atomic mass is 10.0. The van der Waals surface area contributed by atoms with Crippen molar-refractivity contribution in [3.8, 4) is 0 Å². The van der Waals surface area contributed by atoms with Crippen LogP contribution in [0.4, 0.5) is 4.79 Å². The van der Waals surface area contributed by atoms with Crippen LogP contribution in [0.15, 0.2) is 16.5 Å². The van der Waals surface area contributed by atoms with E-state index in [-0.39, 0.29) is 6.09 Å². The monoisotopic (exact) mass is 328 g/mol. The van der Waals surface area contributed by atoms with Crippen LogP contribution in [0.2, 0.25) is 5.22 Å². The van der Waals surface area contributed by atoms with Gasteiger partial charge in [-0.2, -0.15) is 0 Å². The van der Waals surface area contributed by atoms with Gasteiger partial charge < -0.3 is 19.8 Å². The summed E-state index contributed by atoms with van der Waals surface area (Å²) < 4.78 is 10.6. The lowest BCUT2D eigenvalue weighted by molar-refractivity contribution is 0.0517. The summed E-state index contributed by atoms with van der Waals surface area (Å²) in [7, 11) is 0. The van der Waals surface area contributed by atoms with Crippen molar-refractivity contribution in [2.45, 2.75) is 58.2 Å². The molecular formula is C16H25ClN2O3. The third-order valence-corrected chi connectivity index (χ3v) is 3.94. The van der Waals surface area contributed by atoms with Gasteiger partial charge >= 0.3 is 6.09 Å². The smallest absolute Gasteiger partial charge is 0.407 e. The summed E-state index contributed by atoms with van der Waals surface area (Å²) in [5, 5.41) is 6.77. The fourth-order valence-corrected chi connectivity index (χ4v) is 2.92. The molecule has 2 atom stereocenters. The first-order valence-electron chi connectivity index (χ1n) is 7.78. The Hall–Kier alpha value is -1.20. The predicted octanol–water partition coefficient (Wildman–Crippen LogP) is 3.72. The fourth-order valence-electron chi connectivity index (χ4n) is 2.76. The minimum absolute atomic E-state index is 0.351. The van der Waals surface area contributed by atoms with Crippen LogP contribution in [0.5, 0.6) is 0 Å². The number of alkyl carbamates (subject to hydrolysis) is 1. The van der Waals surface area contributed by atoms with Gasteiger partial charge in [0.15, 0.2) is 5.22 Å². The normalized spacial score (nSPS) is 21.8. The summed E-state index contributed by atoms with van der Waals surface area (Å²) in [6.07, 6.45) is 3.02. The third kappa shape index (κ3) is 5.54. The summed E-state index contributed by atoms with van der Waals surface area (Å²) in [5.41, 5.74) is -0.462. The molecule has 2 N–H and O–H groups in total. The average Bonchev–Trinajstić information content (AvgIpc) is 3.00. The van der Waals surface area contributed by atoms with Gasteiger partial charge in [0.1, 0.15) is 11.4 Å². The van der Waals surface area contributed by atoms with E-state index in [0.717, 1.165) is 25.0 Å². The van der Waals surface area contributed by atoms with Gasteiger partial charge in [0.05, 0.1) is 6.54 Å². The van der Waals surface area contributed by atoms with Crippen LogP contribution in [0.1, 0.15) is 45.8 Å². The molecule has 1 aromatic rings. The van der Waals surface area contributed by atoms with Crippen LogP contribution >= 0.6 is 11.6 Å². The molecule has 1 saturated carbocycles. The van der Waals surface area contributed by atoms with Crippen LogP contribution in [0, 0.1) is 5.92 Å². The first kappa shape index (κ1) is 17.2. The number of amides is 1. The highest BCUT2D eigenvalue weighted by atomic mass is 35.5. The molecule has 1 amide bonds. The molecule has 0 spiro atoms. The Morgan fingerprint density at radius 3 is 2.82 bits per heavy atom. The molecule has 0 bridgehead atoms. The van der Waals surface area contributed by atoms with E-state index in [2.05, 4.69) is 10.6 Å². The van der Waals surface area contributed by atoms with Crippen molar-refractivity contribution in [2.75, 3.05) is 6.54 Å². The molecule has 0 aliphatic heterocycles. The zero-order valence-corrected chi connectivity index (χ0v) is 14.2. The first-order valence-corrected chi connectivity index (χ1v) is 8.16. The molecule has 0 saturated heterocycles. The van der Waals surface area contributed by atoms with Crippen molar-refractivity contribution in [3.63, 3.8) is 0 Å². The molecule has 1 heterocycles. The van der Waals surface area contributed by atoms with E-state index in [1.54, 1.807) is 6.07 Å². The van der Waals surface area contributed by atoms with Gasteiger partial charge in [-0.1, -0.05) is 6.42 Å². The number of hydrogen-bond acceptors (Lipinski definition) is 4. The molecule has 2 unspecified atom stereocenters. The molecule has 0 radical (unpaired) electrons. The molecule has 22 heavy (non-hydrogen) atoms. The van der Waals surface area contributed by atoms with Gasteiger partial charge in [0.25, 0.3) is 0 Å². The third-order valence-electron chi connectivity index (χ3n) is 3.73. The topological polar surface area (TPSA) is 63.5 Å². The second-order valence-corrected chi connectivity index (χ2v) is 7.14. The average molecular weight is 329 g/mol. The quantitative estimate of drug-likeness (QED) is 0.864. The second-order valence-electron chi connectivity index (χ2n) is 6.77. The van der Waals surface area contributed by atoms with Crippen molar-refractivity contribution in [1.82, 2.24) is 10.6 Å². The SMILES string of the molecule is CC(C)(C)OC(=O)NCC1CCCC1NCc1ccc(Cl)o1. The summed E-state index contributed by atoms with van der Waals surface area (Å²) in [5.74, 6) is 1.24. The fraction of sp³-hybridized carbons (Fsp3) is 0.688. The molecular weight excluding hydrogens is 304 g/mol. The highest BCUT2D eigenvalue weighted by Gasteiger charge is 2.28. The molecule has 1 fully saturated rings. The Labute approximate surface area is 136 Å². The number of carbonyl (C=O) groups excluding carboxylic acids is 1. The Balaban J connectivity index is 1.74. The summed E-state index contributed by atoms with van der Waals surface area (Å²) in [6, 6.07) is 3.99. The maximum atomic E-state index is 11.7. The molecule has 1 aliphatic rings. The Morgan fingerprint density at radius 1 is 1.41 bits per heavy atom. The van der Waals surface area contributed by atoms with Gasteiger partial charge in [-0.15, -0.1) is 0 Å². The van der Waals surface area contributed by atoms with Gasteiger partial charge in [-0.05, 0) is 63.3 Å². The second kappa shape index (κ2) is 7.38.